The number of hydrogen-bond acceptors (Lipinski definition) is 3. The van der Waals surface area contributed by atoms with E-state index in [4.69, 9.17) is 4.74 Å². The molecule has 0 radical (unpaired) electrons. The largest absolute Gasteiger partial charge is 0.497 e. The number of carbonyl (C=O) groups is 1. The summed E-state index contributed by atoms with van der Waals surface area (Å²) in [6.45, 7) is 0.694. The van der Waals surface area contributed by atoms with E-state index < -0.39 is 0 Å². The lowest BCUT2D eigenvalue weighted by Crippen LogP contribution is -2.24. The van der Waals surface area contributed by atoms with Gasteiger partial charge in [-0.15, -0.1) is 0 Å². The van der Waals surface area contributed by atoms with Crippen molar-refractivity contribution in [2.45, 2.75) is 38.5 Å². The van der Waals surface area contributed by atoms with Crippen molar-refractivity contribution < 1.29 is 9.53 Å². The monoisotopic (exact) mass is 365 g/mol. The van der Waals surface area contributed by atoms with Gasteiger partial charge in [-0.05, 0) is 55.5 Å². The molecule has 0 bridgehead atoms. The van der Waals surface area contributed by atoms with E-state index in [-0.39, 0.29) is 5.91 Å². The second-order valence-corrected chi connectivity index (χ2v) is 6.68. The second-order valence-electron chi connectivity index (χ2n) is 6.68. The molecule has 0 fully saturated rings. The van der Waals surface area contributed by atoms with Crippen LogP contribution >= 0.6 is 0 Å². The molecule has 27 heavy (non-hydrogen) atoms. The fourth-order valence-corrected chi connectivity index (χ4v) is 3.15. The van der Waals surface area contributed by atoms with Crippen LogP contribution in [0.25, 0.3) is 5.52 Å². The minimum absolute atomic E-state index is 0.137. The number of carbonyl (C=O) groups excluding carboxylic acids is 1. The summed E-state index contributed by atoms with van der Waals surface area (Å²) in [6, 6.07) is 14.2. The quantitative estimate of drug-likeness (QED) is 0.556. The van der Waals surface area contributed by atoms with Gasteiger partial charge in [-0.25, -0.2) is 4.98 Å². The Morgan fingerprint density at radius 3 is 2.74 bits per heavy atom. The predicted molar refractivity (Wildman–Crippen MR) is 107 cm³/mol. The Morgan fingerprint density at radius 2 is 1.93 bits per heavy atom. The van der Waals surface area contributed by atoms with Crippen LogP contribution in [0.15, 0.2) is 54.9 Å². The van der Waals surface area contributed by atoms with Gasteiger partial charge in [0.15, 0.2) is 0 Å². The van der Waals surface area contributed by atoms with E-state index >= 15 is 0 Å². The number of ether oxygens (including phenoxy) is 1. The third kappa shape index (κ3) is 5.58. The normalized spacial score (nSPS) is 10.9. The van der Waals surface area contributed by atoms with E-state index in [0.717, 1.165) is 49.2 Å². The van der Waals surface area contributed by atoms with Gasteiger partial charge in [-0.3, -0.25) is 4.79 Å². The molecule has 3 rings (SSSR count). The molecule has 2 heterocycles. The first-order chi connectivity index (χ1) is 13.3. The van der Waals surface area contributed by atoms with Crippen LogP contribution in [0.1, 0.15) is 37.1 Å². The highest BCUT2D eigenvalue weighted by molar-refractivity contribution is 5.75. The highest BCUT2D eigenvalue weighted by Crippen LogP contribution is 2.13. The van der Waals surface area contributed by atoms with Gasteiger partial charge in [-0.2, -0.15) is 0 Å². The maximum Gasteiger partial charge on any atom is 0.219 e. The summed E-state index contributed by atoms with van der Waals surface area (Å²) in [4.78, 5) is 16.4. The van der Waals surface area contributed by atoms with Crippen LogP contribution in [0.4, 0.5) is 0 Å². The van der Waals surface area contributed by atoms with Gasteiger partial charge in [0.1, 0.15) is 11.6 Å². The van der Waals surface area contributed by atoms with Gasteiger partial charge in [0, 0.05) is 25.6 Å². The molecular formula is C22H27N3O2. The van der Waals surface area contributed by atoms with Gasteiger partial charge in [0.2, 0.25) is 5.91 Å². The van der Waals surface area contributed by atoms with Crippen molar-refractivity contribution in [1.82, 2.24) is 14.7 Å². The standard InChI is InChI=1S/C22H27N3O2/c1-27-20-13-11-18(12-14-20)7-2-3-10-22(26)23-15-6-9-21-24-17-19-8-4-5-16-25(19)21/h4-5,8,11-14,16-17H,2-3,6-7,9-10,15H2,1H3,(H,23,26). The number of unbranched alkanes of at least 4 members (excludes halogenated alkanes) is 1. The number of aryl methyl sites for hydroxylation is 2. The molecule has 0 unspecified atom stereocenters. The molecule has 5 heteroatoms. The molecule has 1 N–H and O–H groups in total. The van der Waals surface area contributed by atoms with Crippen molar-refractivity contribution in [1.29, 1.82) is 0 Å². The topological polar surface area (TPSA) is 55.6 Å². The second kappa shape index (κ2) is 9.76. The zero-order valence-corrected chi connectivity index (χ0v) is 15.9. The molecule has 3 aromatic rings. The van der Waals surface area contributed by atoms with E-state index in [1.165, 1.54) is 5.56 Å². The minimum atomic E-state index is 0.137. The van der Waals surface area contributed by atoms with Crippen LogP contribution in [-0.4, -0.2) is 28.9 Å². The van der Waals surface area contributed by atoms with Crippen LogP contribution < -0.4 is 10.1 Å². The third-order valence-electron chi connectivity index (χ3n) is 4.69. The number of nitrogens with one attached hydrogen (secondary N) is 1. The number of fused-ring (bicyclic) bond motifs is 1. The first kappa shape index (κ1) is 19.0. The summed E-state index contributed by atoms with van der Waals surface area (Å²) in [5.41, 5.74) is 2.39. The number of pyridine rings is 1. The number of imidazole rings is 1. The third-order valence-corrected chi connectivity index (χ3v) is 4.69. The highest BCUT2D eigenvalue weighted by atomic mass is 16.5. The summed E-state index contributed by atoms with van der Waals surface area (Å²) in [5, 5.41) is 3.01. The number of methoxy groups -OCH3 is 1. The molecule has 5 nitrogen and oxygen atoms in total. The summed E-state index contributed by atoms with van der Waals surface area (Å²) >= 11 is 0. The highest BCUT2D eigenvalue weighted by Gasteiger charge is 2.04. The van der Waals surface area contributed by atoms with E-state index in [2.05, 4.69) is 26.8 Å². The number of hydrogen-bond donors (Lipinski definition) is 1. The van der Waals surface area contributed by atoms with Crippen LogP contribution in [0, 0.1) is 0 Å². The fourth-order valence-electron chi connectivity index (χ4n) is 3.15. The first-order valence-corrected chi connectivity index (χ1v) is 9.57. The number of nitrogens with zero attached hydrogens (tertiary/aromatic N) is 2. The summed E-state index contributed by atoms with van der Waals surface area (Å²) in [6.07, 6.45) is 9.16. The maximum absolute atomic E-state index is 12.0. The Morgan fingerprint density at radius 1 is 1.07 bits per heavy atom. The lowest BCUT2D eigenvalue weighted by Gasteiger charge is -2.06. The molecule has 0 aliphatic rings. The van der Waals surface area contributed by atoms with Crippen LogP contribution in [0.2, 0.25) is 0 Å². The number of benzene rings is 1. The Kier molecular flexibility index (Phi) is 6.85. The van der Waals surface area contributed by atoms with Crippen LogP contribution in [-0.2, 0) is 17.6 Å². The molecule has 142 valence electrons. The fraction of sp³-hybridized carbons (Fsp3) is 0.364. The molecule has 0 aliphatic heterocycles. The van der Waals surface area contributed by atoms with Crippen molar-refractivity contribution >= 4 is 11.4 Å². The molecule has 2 aromatic heterocycles. The van der Waals surface area contributed by atoms with E-state index in [9.17, 15) is 4.79 Å². The van der Waals surface area contributed by atoms with E-state index in [0.29, 0.717) is 13.0 Å². The van der Waals surface area contributed by atoms with E-state index in [1.54, 1.807) is 7.11 Å². The summed E-state index contributed by atoms with van der Waals surface area (Å²) < 4.78 is 7.26. The van der Waals surface area contributed by atoms with Gasteiger partial charge in [0.25, 0.3) is 0 Å². The van der Waals surface area contributed by atoms with Gasteiger partial charge >= 0.3 is 0 Å². The van der Waals surface area contributed by atoms with Crippen molar-refractivity contribution in [3.63, 3.8) is 0 Å². The molecule has 0 atom stereocenters. The average Bonchev–Trinajstić information content (AvgIpc) is 3.12. The minimum Gasteiger partial charge on any atom is -0.497 e. The van der Waals surface area contributed by atoms with Crippen LogP contribution in [0.3, 0.4) is 0 Å². The molecule has 0 saturated heterocycles. The lowest BCUT2D eigenvalue weighted by molar-refractivity contribution is -0.121. The molecular weight excluding hydrogens is 338 g/mol. The maximum atomic E-state index is 12.0. The number of rotatable bonds is 10. The Balaban J connectivity index is 1.28. The number of amides is 1. The molecule has 0 saturated carbocycles. The first-order valence-electron chi connectivity index (χ1n) is 9.57. The smallest absolute Gasteiger partial charge is 0.219 e. The SMILES string of the molecule is COc1ccc(CCCCC(=O)NCCCc2ncc3ccccn23)cc1. The predicted octanol–water partition coefficient (Wildman–Crippen LogP) is 3.80. The molecule has 1 amide bonds. The van der Waals surface area contributed by atoms with Crippen molar-refractivity contribution in [2.75, 3.05) is 13.7 Å². The van der Waals surface area contributed by atoms with Crippen LogP contribution in [0.5, 0.6) is 5.75 Å². The molecule has 1 aromatic carbocycles. The van der Waals surface area contributed by atoms with Gasteiger partial charge in [-0.1, -0.05) is 18.2 Å². The van der Waals surface area contributed by atoms with Crippen molar-refractivity contribution in [2.24, 2.45) is 0 Å². The Bertz CT molecular complexity index is 855. The van der Waals surface area contributed by atoms with Gasteiger partial charge < -0.3 is 14.5 Å². The van der Waals surface area contributed by atoms with Gasteiger partial charge in [0.05, 0.1) is 18.8 Å². The zero-order chi connectivity index (χ0) is 18.9. The molecule has 0 spiro atoms. The summed E-state index contributed by atoms with van der Waals surface area (Å²) in [7, 11) is 1.67. The van der Waals surface area contributed by atoms with E-state index in [1.807, 2.05) is 42.7 Å². The lowest BCUT2D eigenvalue weighted by atomic mass is 10.1. The zero-order valence-electron chi connectivity index (χ0n) is 15.9. The van der Waals surface area contributed by atoms with Crippen molar-refractivity contribution in [3.05, 3.63) is 66.2 Å². The van der Waals surface area contributed by atoms with Crippen molar-refractivity contribution in [3.8, 4) is 5.75 Å². The summed E-state index contributed by atoms with van der Waals surface area (Å²) in [5.74, 6) is 2.05. The molecule has 0 aliphatic carbocycles. The average molecular weight is 365 g/mol. The number of aromatic nitrogens is 2. The Hall–Kier alpha value is -2.82. The Labute approximate surface area is 160 Å².